The fourth-order valence-corrected chi connectivity index (χ4v) is 3.71. The first kappa shape index (κ1) is 14.8. The third kappa shape index (κ3) is 4.79. The van der Waals surface area contributed by atoms with E-state index >= 15 is 0 Å². The summed E-state index contributed by atoms with van der Waals surface area (Å²) >= 11 is 0. The molecule has 2 rings (SSSR count). The van der Waals surface area contributed by atoms with Gasteiger partial charge in [-0.2, -0.15) is 0 Å². The fourth-order valence-electron chi connectivity index (χ4n) is 3.71. The Bertz CT molecular complexity index is 274. The molecule has 0 saturated heterocycles. The van der Waals surface area contributed by atoms with E-state index < -0.39 is 0 Å². The summed E-state index contributed by atoms with van der Waals surface area (Å²) in [6.45, 7) is 2.78. The zero-order valence-corrected chi connectivity index (χ0v) is 12.4. The Labute approximate surface area is 117 Å². The summed E-state index contributed by atoms with van der Waals surface area (Å²) in [6, 6.07) is 1.01. The molecule has 0 aromatic carbocycles. The largest absolute Gasteiger partial charge is 0.352 e. The summed E-state index contributed by atoms with van der Waals surface area (Å²) in [5, 5.41) is 6.69. The minimum Gasteiger partial charge on any atom is -0.352 e. The van der Waals surface area contributed by atoms with Gasteiger partial charge in [0.25, 0.3) is 0 Å². The van der Waals surface area contributed by atoms with Crippen molar-refractivity contribution in [2.45, 2.75) is 83.2 Å². The second kappa shape index (κ2) is 7.88. The molecule has 2 aliphatic carbocycles. The van der Waals surface area contributed by atoms with Crippen molar-refractivity contribution >= 4 is 5.91 Å². The van der Waals surface area contributed by atoms with Crippen LogP contribution in [0.2, 0.25) is 0 Å². The van der Waals surface area contributed by atoms with Crippen LogP contribution in [0.15, 0.2) is 0 Å². The number of carbonyl (C=O) groups excluding carboxylic acids is 1. The molecule has 0 spiro atoms. The molecule has 2 aliphatic rings. The lowest BCUT2D eigenvalue weighted by Crippen LogP contribution is -2.46. The molecule has 1 amide bonds. The van der Waals surface area contributed by atoms with E-state index in [1.807, 2.05) is 0 Å². The van der Waals surface area contributed by atoms with Gasteiger partial charge in [-0.15, -0.1) is 0 Å². The molecular formula is C16H30N2O. The highest BCUT2D eigenvalue weighted by Crippen LogP contribution is 2.26. The van der Waals surface area contributed by atoms with Crippen molar-refractivity contribution < 1.29 is 4.79 Å². The maximum Gasteiger partial charge on any atom is 0.234 e. The Kier molecular flexibility index (Phi) is 6.15. The van der Waals surface area contributed by atoms with Gasteiger partial charge in [0.1, 0.15) is 0 Å². The van der Waals surface area contributed by atoms with Gasteiger partial charge in [0, 0.05) is 12.1 Å². The van der Waals surface area contributed by atoms with Crippen LogP contribution in [0, 0.1) is 5.92 Å². The molecule has 2 unspecified atom stereocenters. The van der Waals surface area contributed by atoms with Crippen LogP contribution in [-0.4, -0.2) is 24.5 Å². The number of hydrogen-bond acceptors (Lipinski definition) is 2. The van der Waals surface area contributed by atoms with Crippen molar-refractivity contribution in [1.29, 1.82) is 0 Å². The molecule has 110 valence electrons. The van der Waals surface area contributed by atoms with Crippen LogP contribution in [0.4, 0.5) is 0 Å². The van der Waals surface area contributed by atoms with Gasteiger partial charge >= 0.3 is 0 Å². The molecule has 2 saturated carbocycles. The number of nitrogens with one attached hydrogen (secondary N) is 2. The van der Waals surface area contributed by atoms with Crippen LogP contribution < -0.4 is 10.6 Å². The smallest absolute Gasteiger partial charge is 0.234 e. The number of amides is 1. The van der Waals surface area contributed by atoms with E-state index in [1.54, 1.807) is 0 Å². The summed E-state index contributed by atoms with van der Waals surface area (Å²) < 4.78 is 0. The van der Waals surface area contributed by atoms with E-state index in [2.05, 4.69) is 17.6 Å². The summed E-state index contributed by atoms with van der Waals surface area (Å²) in [5.41, 5.74) is 0. The van der Waals surface area contributed by atoms with Crippen LogP contribution in [-0.2, 0) is 4.79 Å². The SMILES string of the molecule is CCC1CCCCC1NCC(=O)NC1CCCCC1. The summed E-state index contributed by atoms with van der Waals surface area (Å²) in [5.74, 6) is 0.976. The van der Waals surface area contributed by atoms with Crippen molar-refractivity contribution in [2.24, 2.45) is 5.92 Å². The lowest BCUT2D eigenvalue weighted by Gasteiger charge is -2.32. The molecule has 3 heteroatoms. The van der Waals surface area contributed by atoms with Crippen molar-refractivity contribution in [2.75, 3.05) is 6.54 Å². The first-order chi connectivity index (χ1) is 9.29. The Morgan fingerprint density at radius 2 is 1.68 bits per heavy atom. The highest BCUT2D eigenvalue weighted by atomic mass is 16.1. The van der Waals surface area contributed by atoms with E-state index in [1.165, 1.54) is 64.2 Å². The van der Waals surface area contributed by atoms with Crippen LogP contribution in [0.5, 0.6) is 0 Å². The predicted octanol–water partition coefficient (Wildman–Crippen LogP) is 2.99. The molecular weight excluding hydrogens is 236 g/mol. The van der Waals surface area contributed by atoms with E-state index in [-0.39, 0.29) is 5.91 Å². The van der Waals surface area contributed by atoms with Crippen LogP contribution in [0.1, 0.15) is 71.1 Å². The third-order valence-electron chi connectivity index (χ3n) is 4.93. The van der Waals surface area contributed by atoms with Gasteiger partial charge in [0.2, 0.25) is 5.91 Å². The molecule has 0 bridgehead atoms. The predicted molar refractivity (Wildman–Crippen MR) is 79.1 cm³/mol. The average Bonchev–Trinajstić information content (AvgIpc) is 2.46. The van der Waals surface area contributed by atoms with Crippen LogP contribution >= 0.6 is 0 Å². The first-order valence-electron chi connectivity index (χ1n) is 8.32. The van der Waals surface area contributed by atoms with Gasteiger partial charge < -0.3 is 10.6 Å². The van der Waals surface area contributed by atoms with E-state index in [4.69, 9.17) is 0 Å². The molecule has 0 aromatic rings. The Balaban J connectivity index is 1.67. The molecule has 0 heterocycles. The second-order valence-corrected chi connectivity index (χ2v) is 6.34. The Morgan fingerprint density at radius 3 is 2.42 bits per heavy atom. The normalized spacial score (nSPS) is 29.1. The zero-order valence-electron chi connectivity index (χ0n) is 12.4. The van der Waals surface area contributed by atoms with Gasteiger partial charge in [-0.1, -0.05) is 45.4 Å². The maximum atomic E-state index is 12.0. The van der Waals surface area contributed by atoms with Crippen LogP contribution in [0.25, 0.3) is 0 Å². The van der Waals surface area contributed by atoms with Gasteiger partial charge in [-0.25, -0.2) is 0 Å². The topological polar surface area (TPSA) is 41.1 Å². The Hall–Kier alpha value is -0.570. The minimum atomic E-state index is 0.201. The van der Waals surface area contributed by atoms with E-state index in [0.29, 0.717) is 18.6 Å². The van der Waals surface area contributed by atoms with Crippen molar-refractivity contribution in [3.63, 3.8) is 0 Å². The second-order valence-electron chi connectivity index (χ2n) is 6.34. The highest BCUT2D eigenvalue weighted by molar-refractivity contribution is 5.78. The summed E-state index contributed by atoms with van der Waals surface area (Å²) in [4.78, 5) is 12.0. The molecule has 0 aliphatic heterocycles. The molecule has 0 aromatic heterocycles. The van der Waals surface area contributed by atoms with Gasteiger partial charge in [0.05, 0.1) is 6.54 Å². The lowest BCUT2D eigenvalue weighted by atomic mass is 9.83. The van der Waals surface area contributed by atoms with Crippen molar-refractivity contribution in [3.05, 3.63) is 0 Å². The molecule has 0 radical (unpaired) electrons. The molecule has 2 fully saturated rings. The maximum absolute atomic E-state index is 12.0. The molecule has 3 nitrogen and oxygen atoms in total. The van der Waals surface area contributed by atoms with Crippen molar-refractivity contribution in [1.82, 2.24) is 10.6 Å². The van der Waals surface area contributed by atoms with Gasteiger partial charge in [-0.3, -0.25) is 4.79 Å². The highest BCUT2D eigenvalue weighted by Gasteiger charge is 2.24. The number of carbonyl (C=O) groups is 1. The molecule has 2 N–H and O–H groups in total. The third-order valence-corrected chi connectivity index (χ3v) is 4.93. The first-order valence-corrected chi connectivity index (χ1v) is 8.32. The molecule has 2 atom stereocenters. The lowest BCUT2D eigenvalue weighted by molar-refractivity contribution is -0.121. The monoisotopic (exact) mass is 266 g/mol. The van der Waals surface area contributed by atoms with Gasteiger partial charge in [0.15, 0.2) is 0 Å². The van der Waals surface area contributed by atoms with E-state index in [9.17, 15) is 4.79 Å². The van der Waals surface area contributed by atoms with Crippen LogP contribution in [0.3, 0.4) is 0 Å². The Morgan fingerprint density at radius 1 is 1.00 bits per heavy atom. The summed E-state index contributed by atoms with van der Waals surface area (Å²) in [6.07, 6.45) is 12.7. The minimum absolute atomic E-state index is 0.201. The number of hydrogen-bond donors (Lipinski definition) is 2. The zero-order chi connectivity index (χ0) is 13.5. The molecule has 19 heavy (non-hydrogen) atoms. The number of rotatable bonds is 5. The van der Waals surface area contributed by atoms with E-state index in [0.717, 1.165) is 5.92 Å². The van der Waals surface area contributed by atoms with Crippen molar-refractivity contribution in [3.8, 4) is 0 Å². The fraction of sp³-hybridized carbons (Fsp3) is 0.938. The van der Waals surface area contributed by atoms with Gasteiger partial charge in [-0.05, 0) is 31.6 Å². The standard InChI is InChI=1S/C16H30N2O/c1-2-13-8-6-7-11-15(13)17-12-16(19)18-14-9-4-3-5-10-14/h13-15,17H,2-12H2,1H3,(H,18,19). The summed E-state index contributed by atoms with van der Waals surface area (Å²) in [7, 11) is 0. The quantitative estimate of drug-likeness (QED) is 0.803. The average molecular weight is 266 g/mol.